The van der Waals surface area contributed by atoms with Crippen LogP contribution in [0.15, 0.2) is 9.85 Å². The van der Waals surface area contributed by atoms with Crippen LogP contribution in [-0.2, 0) is 25.6 Å². The van der Waals surface area contributed by atoms with Gasteiger partial charge >= 0.3 is 11.9 Å². The first-order valence-corrected chi connectivity index (χ1v) is 9.25. The van der Waals surface area contributed by atoms with Gasteiger partial charge in [0.25, 0.3) is 0 Å². The summed E-state index contributed by atoms with van der Waals surface area (Å²) in [6.07, 6.45) is 0.276. The Bertz CT molecular complexity index is 639. The number of carbonyl (C=O) groups excluding carboxylic acids is 3. The molecule has 0 saturated carbocycles. The number of halogens is 1. The van der Waals surface area contributed by atoms with E-state index in [2.05, 4.69) is 21.2 Å². The van der Waals surface area contributed by atoms with Gasteiger partial charge in [0.05, 0.1) is 16.9 Å². The predicted octanol–water partition coefficient (Wildman–Crippen LogP) is 2.36. The summed E-state index contributed by atoms with van der Waals surface area (Å²) in [5, 5.41) is 2.98. The highest BCUT2D eigenvalue weighted by Gasteiger charge is 2.22. The third kappa shape index (κ3) is 7.54. The summed E-state index contributed by atoms with van der Waals surface area (Å²) < 4.78 is 10.7. The van der Waals surface area contributed by atoms with Crippen molar-refractivity contribution >= 4 is 45.1 Å². The fourth-order valence-electron chi connectivity index (χ4n) is 2.02. The fourth-order valence-corrected chi connectivity index (χ4v) is 3.61. The Hall–Kier alpha value is -1.45. The molecule has 25 heavy (non-hydrogen) atoms. The summed E-state index contributed by atoms with van der Waals surface area (Å²) in [7, 11) is 1.31. The largest absolute Gasteiger partial charge is 0.465 e. The Balaban J connectivity index is 2.67. The number of nitrogens with one attached hydrogen (secondary N) is 1. The van der Waals surface area contributed by atoms with Crippen molar-refractivity contribution in [2.45, 2.75) is 51.8 Å². The first-order valence-electron chi connectivity index (χ1n) is 7.64. The Morgan fingerprint density at radius 1 is 1.36 bits per heavy atom. The van der Waals surface area contributed by atoms with Crippen molar-refractivity contribution in [1.82, 2.24) is 5.32 Å². The molecule has 0 radical (unpaired) electrons. The number of ether oxygens (including phenoxy) is 2. The Morgan fingerprint density at radius 3 is 2.52 bits per heavy atom. The quantitative estimate of drug-likeness (QED) is 0.607. The molecular weight excluding hydrogens is 412 g/mol. The number of carbonyl (C=O) groups is 3. The molecule has 0 aliphatic heterocycles. The molecule has 9 heteroatoms. The number of methoxy groups -OCH3 is 1. The summed E-state index contributed by atoms with van der Waals surface area (Å²) in [5.74, 6) is -1.41. The van der Waals surface area contributed by atoms with E-state index >= 15 is 0 Å². The second-order valence-corrected chi connectivity index (χ2v) is 8.79. The fraction of sp³-hybridized carbons (Fsp3) is 0.562. The topological polar surface area (TPSA) is 108 Å². The minimum atomic E-state index is -0.711. The zero-order valence-electron chi connectivity index (χ0n) is 14.7. The molecule has 1 aromatic rings. The van der Waals surface area contributed by atoms with Crippen LogP contribution in [0.25, 0.3) is 0 Å². The van der Waals surface area contributed by atoms with Gasteiger partial charge in [-0.3, -0.25) is 9.59 Å². The lowest BCUT2D eigenvalue weighted by Crippen LogP contribution is -2.41. The summed E-state index contributed by atoms with van der Waals surface area (Å²) in [4.78, 5) is 35.6. The zero-order chi connectivity index (χ0) is 19.2. The van der Waals surface area contributed by atoms with Gasteiger partial charge in [0.2, 0.25) is 5.91 Å². The third-order valence-electron chi connectivity index (χ3n) is 3.09. The minimum Gasteiger partial charge on any atom is -0.465 e. The number of amides is 1. The second-order valence-electron chi connectivity index (χ2n) is 6.36. The van der Waals surface area contributed by atoms with Gasteiger partial charge in [-0.25, -0.2) is 4.79 Å². The van der Waals surface area contributed by atoms with Gasteiger partial charge in [-0.15, -0.1) is 11.3 Å². The van der Waals surface area contributed by atoms with Crippen LogP contribution in [0, 0.1) is 0 Å². The highest BCUT2D eigenvalue weighted by Crippen LogP contribution is 2.28. The molecule has 0 saturated heterocycles. The van der Waals surface area contributed by atoms with E-state index < -0.39 is 29.5 Å². The molecular formula is C16H23BrN2O5S. The van der Waals surface area contributed by atoms with Crippen LogP contribution < -0.4 is 11.1 Å². The first-order chi connectivity index (χ1) is 11.5. The van der Waals surface area contributed by atoms with E-state index in [1.165, 1.54) is 18.4 Å². The molecule has 0 aliphatic carbocycles. The van der Waals surface area contributed by atoms with Crippen molar-refractivity contribution < 1.29 is 23.9 Å². The maximum atomic E-state index is 11.8. The maximum Gasteiger partial charge on any atom is 0.348 e. The van der Waals surface area contributed by atoms with E-state index in [0.29, 0.717) is 10.4 Å². The van der Waals surface area contributed by atoms with Crippen molar-refractivity contribution in [3.63, 3.8) is 0 Å². The Kier molecular flexibility index (Phi) is 8.04. The average molecular weight is 435 g/mol. The minimum absolute atomic E-state index is 0.0646. The molecule has 1 aromatic heterocycles. The number of nitrogens with two attached hydrogens (primary N) is 1. The number of rotatable bonds is 8. The molecule has 0 fully saturated rings. The van der Waals surface area contributed by atoms with E-state index in [9.17, 15) is 14.4 Å². The van der Waals surface area contributed by atoms with Gasteiger partial charge in [-0.1, -0.05) is 0 Å². The molecule has 0 bridgehead atoms. The molecule has 1 unspecified atom stereocenters. The van der Waals surface area contributed by atoms with Crippen molar-refractivity contribution in [2.75, 3.05) is 7.11 Å². The van der Waals surface area contributed by atoms with Gasteiger partial charge in [0.1, 0.15) is 10.5 Å². The molecule has 3 N–H and O–H groups in total. The maximum absolute atomic E-state index is 11.8. The van der Waals surface area contributed by atoms with Crippen LogP contribution in [0.1, 0.15) is 48.8 Å². The highest BCUT2D eigenvalue weighted by molar-refractivity contribution is 9.11. The molecule has 0 aromatic carbocycles. The average Bonchev–Trinajstić information content (AvgIpc) is 2.85. The van der Waals surface area contributed by atoms with E-state index in [-0.39, 0.29) is 19.4 Å². The van der Waals surface area contributed by atoms with Crippen molar-refractivity contribution in [3.8, 4) is 0 Å². The summed E-state index contributed by atoms with van der Waals surface area (Å²) in [5.41, 5.74) is 5.50. The Labute approximate surface area is 159 Å². The SMILES string of the molecule is COC(=O)c1sc(Br)cc1CNC(CCC(=O)OC(C)(C)C)C(N)=O. The van der Waals surface area contributed by atoms with E-state index in [0.717, 1.165) is 3.79 Å². The molecule has 1 atom stereocenters. The number of thiophene rings is 1. The van der Waals surface area contributed by atoms with Crippen LogP contribution in [-0.4, -0.2) is 36.6 Å². The summed E-state index contributed by atoms with van der Waals surface area (Å²) in [6, 6.07) is 1.06. The molecule has 7 nitrogen and oxygen atoms in total. The smallest absolute Gasteiger partial charge is 0.348 e. The van der Waals surface area contributed by atoms with Crippen LogP contribution >= 0.6 is 27.3 Å². The third-order valence-corrected chi connectivity index (χ3v) is 4.75. The van der Waals surface area contributed by atoms with Gasteiger partial charge in [-0.05, 0) is 54.8 Å². The lowest BCUT2D eigenvalue weighted by Gasteiger charge is -2.20. The summed E-state index contributed by atoms with van der Waals surface area (Å²) >= 11 is 4.57. The molecule has 0 spiro atoms. The van der Waals surface area contributed by atoms with Gasteiger partial charge in [-0.2, -0.15) is 0 Å². The van der Waals surface area contributed by atoms with Gasteiger partial charge < -0.3 is 20.5 Å². The van der Waals surface area contributed by atoms with E-state index in [4.69, 9.17) is 15.2 Å². The number of hydrogen-bond donors (Lipinski definition) is 2. The second kappa shape index (κ2) is 9.30. The Morgan fingerprint density at radius 2 is 2.00 bits per heavy atom. The predicted molar refractivity (Wildman–Crippen MR) is 98.3 cm³/mol. The lowest BCUT2D eigenvalue weighted by molar-refractivity contribution is -0.155. The van der Waals surface area contributed by atoms with Crippen LogP contribution in [0.4, 0.5) is 0 Å². The highest BCUT2D eigenvalue weighted by atomic mass is 79.9. The van der Waals surface area contributed by atoms with Crippen LogP contribution in [0.5, 0.6) is 0 Å². The van der Waals surface area contributed by atoms with E-state index in [1.54, 1.807) is 26.8 Å². The number of hydrogen-bond acceptors (Lipinski definition) is 7. The number of primary amides is 1. The van der Waals surface area contributed by atoms with Gasteiger partial charge in [0, 0.05) is 13.0 Å². The molecule has 1 rings (SSSR count). The first kappa shape index (κ1) is 21.6. The molecule has 1 heterocycles. The number of esters is 2. The van der Waals surface area contributed by atoms with Crippen molar-refractivity contribution in [1.29, 1.82) is 0 Å². The molecule has 140 valence electrons. The van der Waals surface area contributed by atoms with Crippen molar-refractivity contribution in [2.24, 2.45) is 5.73 Å². The summed E-state index contributed by atoms with van der Waals surface area (Å²) in [6.45, 7) is 5.57. The lowest BCUT2D eigenvalue weighted by atomic mass is 10.1. The van der Waals surface area contributed by atoms with Crippen LogP contribution in [0.2, 0.25) is 0 Å². The zero-order valence-corrected chi connectivity index (χ0v) is 17.1. The van der Waals surface area contributed by atoms with Gasteiger partial charge in [0.15, 0.2) is 0 Å². The monoisotopic (exact) mass is 434 g/mol. The normalized spacial score (nSPS) is 12.5. The standard InChI is InChI=1S/C16H23BrN2O5S/c1-16(2,3)24-12(20)6-5-10(14(18)21)19-8-9-7-11(17)25-13(9)15(22)23-4/h7,10,19H,5-6,8H2,1-4H3,(H2,18,21). The molecule has 0 aliphatic rings. The van der Waals surface area contributed by atoms with E-state index in [1.807, 2.05) is 0 Å². The molecule has 1 amide bonds. The van der Waals surface area contributed by atoms with Crippen LogP contribution in [0.3, 0.4) is 0 Å². The van der Waals surface area contributed by atoms with Crippen molar-refractivity contribution in [3.05, 3.63) is 20.3 Å².